The lowest BCUT2D eigenvalue weighted by molar-refractivity contribution is -0.119. The SMILES string of the molecule is COc1cc(NC(=O)[C@@H](NC(=O)c2ccccc2)C(C)C)ccc1N1CCCC1=O. The van der Waals surface area contributed by atoms with E-state index in [4.69, 9.17) is 4.74 Å². The molecular weight excluding hydrogens is 382 g/mol. The number of anilines is 2. The Morgan fingerprint density at radius 2 is 1.83 bits per heavy atom. The summed E-state index contributed by atoms with van der Waals surface area (Å²) in [5.74, 6) is -0.154. The third-order valence-corrected chi connectivity index (χ3v) is 5.08. The predicted molar refractivity (Wildman–Crippen MR) is 116 cm³/mol. The van der Waals surface area contributed by atoms with Gasteiger partial charge in [-0.25, -0.2) is 0 Å². The number of carbonyl (C=O) groups is 3. The van der Waals surface area contributed by atoms with E-state index in [-0.39, 0.29) is 23.6 Å². The Labute approximate surface area is 176 Å². The Morgan fingerprint density at radius 1 is 1.10 bits per heavy atom. The van der Waals surface area contributed by atoms with Gasteiger partial charge in [0.1, 0.15) is 11.8 Å². The van der Waals surface area contributed by atoms with E-state index in [0.29, 0.717) is 35.7 Å². The van der Waals surface area contributed by atoms with Crippen LogP contribution in [0.1, 0.15) is 37.0 Å². The zero-order valence-electron chi connectivity index (χ0n) is 17.5. The van der Waals surface area contributed by atoms with Crippen molar-refractivity contribution in [2.45, 2.75) is 32.7 Å². The first kappa shape index (κ1) is 21.4. The fourth-order valence-electron chi connectivity index (χ4n) is 3.45. The molecule has 2 N–H and O–H groups in total. The first-order chi connectivity index (χ1) is 14.4. The maximum absolute atomic E-state index is 12.9. The summed E-state index contributed by atoms with van der Waals surface area (Å²) < 4.78 is 5.44. The van der Waals surface area contributed by atoms with Crippen molar-refractivity contribution in [2.24, 2.45) is 5.92 Å². The maximum atomic E-state index is 12.9. The molecule has 1 atom stereocenters. The number of amides is 3. The molecule has 3 rings (SSSR count). The third-order valence-electron chi connectivity index (χ3n) is 5.08. The van der Waals surface area contributed by atoms with Gasteiger partial charge in [-0.2, -0.15) is 0 Å². The van der Waals surface area contributed by atoms with Crippen molar-refractivity contribution in [3.05, 3.63) is 54.1 Å². The average Bonchev–Trinajstić information content (AvgIpc) is 3.17. The van der Waals surface area contributed by atoms with E-state index in [2.05, 4.69) is 10.6 Å². The second-order valence-electron chi connectivity index (χ2n) is 7.59. The molecule has 1 aliphatic heterocycles. The molecule has 1 heterocycles. The second-order valence-corrected chi connectivity index (χ2v) is 7.59. The van der Waals surface area contributed by atoms with Crippen LogP contribution in [-0.4, -0.2) is 37.4 Å². The number of hydrogen-bond donors (Lipinski definition) is 2. The smallest absolute Gasteiger partial charge is 0.251 e. The molecule has 0 saturated carbocycles. The molecule has 3 amide bonds. The fourth-order valence-corrected chi connectivity index (χ4v) is 3.45. The molecular formula is C23H27N3O4. The molecule has 0 aromatic heterocycles. The summed E-state index contributed by atoms with van der Waals surface area (Å²) in [6.45, 7) is 4.40. The average molecular weight is 409 g/mol. The van der Waals surface area contributed by atoms with Gasteiger partial charge in [0.15, 0.2) is 0 Å². The molecule has 0 radical (unpaired) electrons. The molecule has 0 aliphatic carbocycles. The minimum Gasteiger partial charge on any atom is -0.494 e. The van der Waals surface area contributed by atoms with Crippen molar-refractivity contribution in [2.75, 3.05) is 23.9 Å². The van der Waals surface area contributed by atoms with E-state index in [9.17, 15) is 14.4 Å². The maximum Gasteiger partial charge on any atom is 0.251 e. The summed E-state index contributed by atoms with van der Waals surface area (Å²) in [6.07, 6.45) is 1.34. The monoisotopic (exact) mass is 409 g/mol. The molecule has 7 heteroatoms. The van der Waals surface area contributed by atoms with Crippen molar-refractivity contribution in [3.63, 3.8) is 0 Å². The van der Waals surface area contributed by atoms with E-state index < -0.39 is 6.04 Å². The predicted octanol–water partition coefficient (Wildman–Crippen LogP) is 3.22. The zero-order chi connectivity index (χ0) is 21.7. The number of ether oxygens (including phenoxy) is 1. The Kier molecular flexibility index (Phi) is 6.72. The molecule has 7 nitrogen and oxygen atoms in total. The summed E-state index contributed by atoms with van der Waals surface area (Å²) in [5.41, 5.74) is 1.72. The molecule has 158 valence electrons. The first-order valence-corrected chi connectivity index (χ1v) is 10.1. The topological polar surface area (TPSA) is 87.7 Å². The molecule has 0 spiro atoms. The van der Waals surface area contributed by atoms with Crippen LogP contribution in [0.5, 0.6) is 5.75 Å². The molecule has 1 fully saturated rings. The van der Waals surface area contributed by atoms with E-state index in [0.717, 1.165) is 6.42 Å². The van der Waals surface area contributed by atoms with Crippen LogP contribution < -0.4 is 20.3 Å². The van der Waals surface area contributed by atoms with E-state index >= 15 is 0 Å². The molecule has 1 saturated heterocycles. The first-order valence-electron chi connectivity index (χ1n) is 10.1. The van der Waals surface area contributed by atoms with Gasteiger partial charge >= 0.3 is 0 Å². The van der Waals surface area contributed by atoms with Gasteiger partial charge in [0, 0.05) is 30.3 Å². The van der Waals surface area contributed by atoms with Crippen LogP contribution in [0.4, 0.5) is 11.4 Å². The number of benzene rings is 2. The van der Waals surface area contributed by atoms with Crippen molar-refractivity contribution < 1.29 is 19.1 Å². The van der Waals surface area contributed by atoms with Gasteiger partial charge in [0.25, 0.3) is 5.91 Å². The van der Waals surface area contributed by atoms with Gasteiger partial charge in [-0.1, -0.05) is 32.0 Å². The molecule has 2 aromatic rings. The van der Waals surface area contributed by atoms with Crippen molar-refractivity contribution in [1.82, 2.24) is 5.32 Å². The van der Waals surface area contributed by atoms with Crippen molar-refractivity contribution >= 4 is 29.1 Å². The Balaban J connectivity index is 1.74. The van der Waals surface area contributed by atoms with Crippen LogP contribution >= 0.6 is 0 Å². The highest BCUT2D eigenvalue weighted by atomic mass is 16.5. The lowest BCUT2D eigenvalue weighted by atomic mass is 10.0. The van der Waals surface area contributed by atoms with Crippen molar-refractivity contribution in [1.29, 1.82) is 0 Å². The van der Waals surface area contributed by atoms with E-state index in [1.165, 1.54) is 7.11 Å². The summed E-state index contributed by atoms with van der Waals surface area (Å²) in [4.78, 5) is 39.1. The van der Waals surface area contributed by atoms with Crippen LogP contribution in [0.3, 0.4) is 0 Å². The van der Waals surface area contributed by atoms with E-state index in [1.54, 1.807) is 47.4 Å². The van der Waals surface area contributed by atoms with Gasteiger partial charge in [-0.3, -0.25) is 14.4 Å². The van der Waals surface area contributed by atoms with E-state index in [1.807, 2.05) is 19.9 Å². The van der Waals surface area contributed by atoms with Gasteiger partial charge in [-0.15, -0.1) is 0 Å². The Bertz CT molecular complexity index is 927. The lowest BCUT2D eigenvalue weighted by Gasteiger charge is -2.23. The van der Waals surface area contributed by atoms with Crippen molar-refractivity contribution in [3.8, 4) is 5.75 Å². The Hall–Kier alpha value is -3.35. The van der Waals surface area contributed by atoms with Crippen LogP contribution in [0.2, 0.25) is 0 Å². The highest BCUT2D eigenvalue weighted by Gasteiger charge is 2.27. The van der Waals surface area contributed by atoms with Gasteiger partial charge in [0.2, 0.25) is 11.8 Å². The number of methoxy groups -OCH3 is 1. The molecule has 1 aliphatic rings. The van der Waals surface area contributed by atoms with Crippen LogP contribution in [-0.2, 0) is 9.59 Å². The summed E-state index contributed by atoms with van der Waals surface area (Å²) in [5, 5.41) is 5.65. The largest absolute Gasteiger partial charge is 0.494 e. The number of hydrogen-bond acceptors (Lipinski definition) is 4. The van der Waals surface area contributed by atoms with Gasteiger partial charge < -0.3 is 20.3 Å². The highest BCUT2D eigenvalue weighted by Crippen LogP contribution is 2.33. The normalized spacial score (nSPS) is 14.5. The third kappa shape index (κ3) is 4.79. The summed E-state index contributed by atoms with van der Waals surface area (Å²) >= 11 is 0. The van der Waals surface area contributed by atoms with Crippen LogP contribution in [0, 0.1) is 5.92 Å². The van der Waals surface area contributed by atoms with Gasteiger partial charge in [0.05, 0.1) is 12.8 Å². The minimum atomic E-state index is -0.705. The standard InChI is InChI=1S/C23H27N3O4/c1-15(2)21(25-22(28)16-8-5-4-6-9-16)23(29)24-17-11-12-18(19(14-17)30-3)26-13-7-10-20(26)27/h4-6,8-9,11-12,14-15,21H,7,10,13H2,1-3H3,(H,24,29)(H,25,28)/t21-/m0/s1. The Morgan fingerprint density at radius 3 is 2.43 bits per heavy atom. The molecule has 30 heavy (non-hydrogen) atoms. The fraction of sp³-hybridized carbons (Fsp3) is 0.348. The number of carbonyl (C=O) groups excluding carboxylic acids is 3. The molecule has 0 unspecified atom stereocenters. The highest BCUT2D eigenvalue weighted by molar-refractivity contribution is 6.02. The number of nitrogens with zero attached hydrogens (tertiary/aromatic N) is 1. The number of rotatable bonds is 7. The van der Waals surface area contributed by atoms with Crippen LogP contribution in [0.25, 0.3) is 0 Å². The summed E-state index contributed by atoms with van der Waals surface area (Å²) in [6, 6.07) is 13.3. The second kappa shape index (κ2) is 9.43. The molecule has 2 aromatic carbocycles. The quantitative estimate of drug-likeness (QED) is 0.735. The zero-order valence-corrected chi connectivity index (χ0v) is 17.5. The summed E-state index contributed by atoms with van der Waals surface area (Å²) in [7, 11) is 1.53. The van der Waals surface area contributed by atoms with Gasteiger partial charge in [-0.05, 0) is 36.6 Å². The minimum absolute atomic E-state index is 0.0635. The number of nitrogens with one attached hydrogen (secondary N) is 2. The lowest BCUT2D eigenvalue weighted by Crippen LogP contribution is -2.47. The van der Waals surface area contributed by atoms with Crippen LogP contribution in [0.15, 0.2) is 48.5 Å². The molecule has 0 bridgehead atoms.